The van der Waals surface area contributed by atoms with Gasteiger partial charge in [0.1, 0.15) is 6.10 Å². The molecule has 1 aromatic carbocycles. The molecule has 7 rings (SSSR count). The topological polar surface area (TPSA) is 149 Å². The van der Waals surface area contributed by atoms with Crippen LogP contribution in [0.5, 0.6) is 5.88 Å². The summed E-state index contributed by atoms with van der Waals surface area (Å²) in [5.74, 6) is -2.39. The van der Waals surface area contributed by atoms with Gasteiger partial charge in [0.2, 0.25) is 27.7 Å². The molecule has 3 saturated carbocycles. The number of carbonyl (C=O) groups excluding carboxylic acids is 4. The number of Topliss-reactive ketones (excluding diaryl/α,β-unsaturated/α-hetero) is 1. The van der Waals surface area contributed by atoms with Gasteiger partial charge in [-0.1, -0.05) is 36.8 Å². The molecule has 2 aromatic rings. The maximum absolute atomic E-state index is 14.4. The molecule has 49 heavy (non-hydrogen) atoms. The van der Waals surface area contributed by atoms with E-state index in [1.54, 1.807) is 12.3 Å². The molecule has 2 aliphatic heterocycles. The van der Waals surface area contributed by atoms with E-state index in [0.29, 0.717) is 38.0 Å². The number of carbonyl (C=O) groups is 4. The van der Waals surface area contributed by atoms with Gasteiger partial charge in [-0.15, -0.1) is 6.58 Å². The molecule has 5 atom stereocenters. The van der Waals surface area contributed by atoms with E-state index in [1.807, 2.05) is 36.4 Å². The van der Waals surface area contributed by atoms with Gasteiger partial charge in [0.15, 0.2) is 5.78 Å². The molecule has 3 aliphatic carbocycles. The summed E-state index contributed by atoms with van der Waals surface area (Å²) in [7, 11) is -3.82. The largest absolute Gasteiger partial charge is 0.472 e. The number of fused-ring (bicyclic) bond motifs is 3. The maximum Gasteiger partial charge on any atom is 0.306 e. The highest BCUT2D eigenvalue weighted by Gasteiger charge is 2.61. The van der Waals surface area contributed by atoms with Crippen molar-refractivity contribution in [2.24, 2.45) is 23.2 Å². The molecular weight excluding hydrogens is 646 g/mol. The lowest BCUT2D eigenvalue weighted by Crippen LogP contribution is -2.48. The van der Waals surface area contributed by atoms with E-state index >= 15 is 0 Å². The lowest BCUT2D eigenvalue weighted by molar-refractivity contribution is -0.152. The molecule has 5 aliphatic rings. The summed E-state index contributed by atoms with van der Waals surface area (Å²) in [5, 5.41) is 1.15. The maximum atomic E-state index is 14.4. The number of ketones is 1. The minimum Gasteiger partial charge on any atom is -0.472 e. The summed E-state index contributed by atoms with van der Waals surface area (Å²) in [6, 6.07) is 6.95. The molecule has 0 spiro atoms. The fraction of sp³-hybridized carbons (Fsp3) is 0.541. The number of sulfonamides is 1. The van der Waals surface area contributed by atoms with Gasteiger partial charge < -0.3 is 14.4 Å². The molecule has 4 fully saturated rings. The van der Waals surface area contributed by atoms with Gasteiger partial charge in [0, 0.05) is 24.4 Å². The van der Waals surface area contributed by atoms with Gasteiger partial charge in [-0.25, -0.2) is 13.4 Å². The summed E-state index contributed by atoms with van der Waals surface area (Å²) < 4.78 is 39.6. The summed E-state index contributed by atoms with van der Waals surface area (Å²) in [4.78, 5) is 61.3. The number of hydrogen-bond acceptors (Lipinski definition) is 9. The van der Waals surface area contributed by atoms with E-state index in [0.717, 1.165) is 35.6 Å². The van der Waals surface area contributed by atoms with Crippen LogP contribution in [0.15, 0.2) is 49.2 Å². The van der Waals surface area contributed by atoms with Crippen LogP contribution in [0.1, 0.15) is 76.2 Å². The van der Waals surface area contributed by atoms with Gasteiger partial charge >= 0.3 is 5.97 Å². The van der Waals surface area contributed by atoms with E-state index < -0.39 is 50.6 Å². The fourth-order valence-corrected chi connectivity index (χ4v) is 9.00. The number of hydrogen-bond donors (Lipinski definition) is 1. The van der Waals surface area contributed by atoms with Crippen LogP contribution >= 0.6 is 0 Å². The van der Waals surface area contributed by atoms with Crippen molar-refractivity contribution < 1.29 is 37.1 Å². The van der Waals surface area contributed by atoms with Crippen molar-refractivity contribution in [3.05, 3.63) is 54.8 Å². The third kappa shape index (κ3) is 6.89. The standard InChI is InChI=1S/C37H43N3O8S/c1-2-26-20-37(26,36(44)39-49(45,46)28-12-13-28)21-32(41)31-18-27-22-40(31)35(43)30(24-8-6-9-24)19-33(42)47-16-5-3-4-7-23-10-11-25-14-15-38-34(48-27)29(25)17-23/h2,4,7,10-11,14-15,17,24,26-28,30-31H,1,3,5-6,8-9,12-13,16,18-22H2,(H,39,44)/b7-4+/t26-,27-,30-,31+,37-/m1/s1. The van der Waals surface area contributed by atoms with Crippen LogP contribution in [0, 0.1) is 23.2 Å². The molecule has 1 N–H and O–H groups in total. The molecule has 3 heterocycles. The number of amides is 2. The highest BCUT2D eigenvalue weighted by Crippen LogP contribution is 2.57. The van der Waals surface area contributed by atoms with Gasteiger partial charge in [0.25, 0.3) is 0 Å². The highest BCUT2D eigenvalue weighted by atomic mass is 32.2. The van der Waals surface area contributed by atoms with Crippen LogP contribution in [0.3, 0.4) is 0 Å². The third-order valence-corrected chi connectivity index (χ3v) is 12.8. The molecule has 12 heteroatoms. The lowest BCUT2D eigenvalue weighted by Gasteiger charge is -2.36. The normalized spacial score (nSPS) is 30.0. The Morgan fingerprint density at radius 3 is 2.65 bits per heavy atom. The molecule has 0 radical (unpaired) electrons. The first-order chi connectivity index (χ1) is 23.6. The third-order valence-electron chi connectivity index (χ3n) is 11.0. The smallest absolute Gasteiger partial charge is 0.306 e. The first kappa shape index (κ1) is 33.4. The predicted octanol–water partition coefficient (Wildman–Crippen LogP) is 4.50. The van der Waals surface area contributed by atoms with Crippen molar-refractivity contribution >= 4 is 50.4 Å². The number of nitrogens with zero attached hydrogens (tertiary/aromatic N) is 2. The van der Waals surface area contributed by atoms with Gasteiger partial charge in [-0.3, -0.25) is 23.9 Å². The number of rotatable bonds is 8. The Bertz CT molecular complexity index is 1820. The Balaban J connectivity index is 1.20. The Morgan fingerprint density at radius 2 is 1.94 bits per heavy atom. The fourth-order valence-electron chi connectivity index (χ4n) is 7.61. The zero-order valence-corrected chi connectivity index (χ0v) is 28.4. The Kier molecular flexibility index (Phi) is 9.10. The second-order valence-electron chi connectivity index (χ2n) is 14.4. The minimum absolute atomic E-state index is 0.000725. The van der Waals surface area contributed by atoms with Crippen LogP contribution in [-0.2, 0) is 33.9 Å². The average Bonchev–Trinajstić information content (AvgIpc) is 3.98. The quantitative estimate of drug-likeness (QED) is 0.312. The number of aromatic nitrogens is 1. The number of allylic oxidation sites excluding steroid dienone is 2. The van der Waals surface area contributed by atoms with Crippen molar-refractivity contribution in [2.45, 2.75) is 88.0 Å². The lowest BCUT2D eigenvalue weighted by atomic mass is 9.73. The van der Waals surface area contributed by atoms with Crippen molar-refractivity contribution in [1.82, 2.24) is 14.6 Å². The van der Waals surface area contributed by atoms with Crippen LogP contribution in [0.25, 0.3) is 16.8 Å². The van der Waals surface area contributed by atoms with Gasteiger partial charge in [0.05, 0.1) is 42.2 Å². The summed E-state index contributed by atoms with van der Waals surface area (Å²) >= 11 is 0. The molecule has 11 nitrogen and oxygen atoms in total. The average molecular weight is 690 g/mol. The zero-order chi connectivity index (χ0) is 34.3. The second-order valence-corrected chi connectivity index (χ2v) is 16.3. The molecule has 1 aromatic heterocycles. The van der Waals surface area contributed by atoms with Crippen molar-refractivity contribution in [2.75, 3.05) is 13.2 Å². The van der Waals surface area contributed by atoms with Crippen LogP contribution in [-0.4, -0.2) is 72.4 Å². The van der Waals surface area contributed by atoms with E-state index in [4.69, 9.17) is 9.47 Å². The zero-order valence-electron chi connectivity index (χ0n) is 27.6. The minimum atomic E-state index is -3.82. The number of esters is 1. The van der Waals surface area contributed by atoms with Crippen LogP contribution < -0.4 is 9.46 Å². The number of ether oxygens (including phenoxy) is 2. The molecule has 1 saturated heterocycles. The van der Waals surface area contributed by atoms with Crippen LogP contribution in [0.2, 0.25) is 0 Å². The number of nitrogens with one attached hydrogen (secondary N) is 1. The van der Waals surface area contributed by atoms with E-state index in [-0.39, 0.29) is 55.9 Å². The van der Waals surface area contributed by atoms with Gasteiger partial charge in [-0.2, -0.15) is 0 Å². The molecular formula is C37H43N3O8S. The second kappa shape index (κ2) is 13.3. The van der Waals surface area contributed by atoms with Crippen molar-refractivity contribution in [3.63, 3.8) is 0 Å². The Morgan fingerprint density at radius 1 is 1.12 bits per heavy atom. The van der Waals surface area contributed by atoms with Crippen molar-refractivity contribution in [1.29, 1.82) is 0 Å². The number of pyridine rings is 1. The number of benzene rings is 1. The van der Waals surface area contributed by atoms with E-state index in [1.165, 1.54) is 4.90 Å². The first-order valence-electron chi connectivity index (χ1n) is 17.5. The predicted molar refractivity (Wildman–Crippen MR) is 181 cm³/mol. The molecule has 260 valence electrons. The first-order valence-corrected chi connectivity index (χ1v) is 19.0. The number of cyclic esters (lactones) is 1. The highest BCUT2D eigenvalue weighted by molar-refractivity contribution is 7.90. The molecule has 4 bridgehead atoms. The summed E-state index contributed by atoms with van der Waals surface area (Å²) in [6.45, 7) is 4.16. The summed E-state index contributed by atoms with van der Waals surface area (Å²) in [5.41, 5.74) is -0.296. The van der Waals surface area contributed by atoms with Crippen molar-refractivity contribution in [3.8, 4) is 5.88 Å². The summed E-state index contributed by atoms with van der Waals surface area (Å²) in [6.07, 6.45) is 11.8. The van der Waals surface area contributed by atoms with Crippen LogP contribution in [0.4, 0.5) is 0 Å². The van der Waals surface area contributed by atoms with Gasteiger partial charge in [-0.05, 0) is 79.9 Å². The van der Waals surface area contributed by atoms with E-state index in [2.05, 4.69) is 16.3 Å². The van der Waals surface area contributed by atoms with E-state index in [9.17, 15) is 27.6 Å². The SMILES string of the molecule is C=C[C@@H]1C[C@]1(CC(=O)[C@@H]1C[C@@H]2CN1C(=O)[C@@H](C1CCC1)CC(=O)OCCC/C=C/c1ccc3ccnc(c3c1)O2)C(=O)NS(=O)(=O)C1CC1. The molecule has 0 unspecified atom stereocenters. The molecule has 2 amide bonds. The Hall–Kier alpha value is -4.06. The Labute approximate surface area is 286 Å². The monoisotopic (exact) mass is 689 g/mol.